The van der Waals surface area contributed by atoms with E-state index < -0.39 is 0 Å². The number of piperazine rings is 1. The van der Waals surface area contributed by atoms with Gasteiger partial charge in [0, 0.05) is 49.2 Å². The second-order valence-electron chi connectivity index (χ2n) is 6.54. The summed E-state index contributed by atoms with van der Waals surface area (Å²) in [7, 11) is 0. The largest absolute Gasteiger partial charge is 0.296 e. The Balaban J connectivity index is 1.39. The molecule has 2 aromatic heterocycles. The van der Waals surface area contributed by atoms with Crippen molar-refractivity contribution in [1.82, 2.24) is 19.6 Å². The standard InChI is InChI=1S/C20H22N4OS/c25-20-9-8-19(17-5-2-1-3-6-17)21-24(20)16-23-12-10-22(11-13-23)15-18-7-4-14-26-18/h1-9,14H,10-13,15-16H2. The van der Waals surface area contributed by atoms with E-state index in [1.54, 1.807) is 16.8 Å². The Kier molecular flexibility index (Phi) is 5.24. The van der Waals surface area contributed by atoms with Gasteiger partial charge >= 0.3 is 0 Å². The first-order chi connectivity index (χ1) is 12.8. The number of hydrogen-bond acceptors (Lipinski definition) is 5. The molecule has 134 valence electrons. The molecule has 1 saturated heterocycles. The van der Waals surface area contributed by atoms with Crippen LogP contribution in [0.2, 0.25) is 0 Å². The molecule has 26 heavy (non-hydrogen) atoms. The molecule has 5 nitrogen and oxygen atoms in total. The van der Waals surface area contributed by atoms with Crippen molar-refractivity contribution in [2.45, 2.75) is 13.2 Å². The average Bonchev–Trinajstić information content (AvgIpc) is 3.19. The maximum Gasteiger partial charge on any atom is 0.268 e. The summed E-state index contributed by atoms with van der Waals surface area (Å²) >= 11 is 1.81. The molecule has 1 fully saturated rings. The Bertz CT molecular complexity index is 884. The van der Waals surface area contributed by atoms with Crippen LogP contribution in [0.25, 0.3) is 11.3 Å². The van der Waals surface area contributed by atoms with Crippen molar-refractivity contribution in [3.05, 3.63) is 75.2 Å². The molecule has 0 saturated carbocycles. The van der Waals surface area contributed by atoms with Gasteiger partial charge in [0.25, 0.3) is 5.56 Å². The predicted octanol–water partition coefficient (Wildman–Crippen LogP) is 2.75. The number of thiophene rings is 1. The van der Waals surface area contributed by atoms with E-state index in [2.05, 4.69) is 32.4 Å². The van der Waals surface area contributed by atoms with Gasteiger partial charge in [-0.15, -0.1) is 11.3 Å². The molecule has 1 aliphatic rings. The second kappa shape index (κ2) is 7.95. The molecule has 0 spiro atoms. The van der Waals surface area contributed by atoms with E-state index in [4.69, 9.17) is 0 Å². The molecule has 1 aliphatic heterocycles. The first-order valence-electron chi connectivity index (χ1n) is 8.89. The summed E-state index contributed by atoms with van der Waals surface area (Å²) in [5.74, 6) is 0. The molecule has 6 heteroatoms. The van der Waals surface area contributed by atoms with Crippen LogP contribution >= 0.6 is 11.3 Å². The summed E-state index contributed by atoms with van der Waals surface area (Å²) in [5, 5.41) is 6.70. The van der Waals surface area contributed by atoms with E-state index in [-0.39, 0.29) is 5.56 Å². The zero-order valence-electron chi connectivity index (χ0n) is 14.6. The molecular formula is C20H22N4OS. The smallest absolute Gasteiger partial charge is 0.268 e. The molecule has 0 amide bonds. The highest BCUT2D eigenvalue weighted by molar-refractivity contribution is 7.09. The molecule has 0 atom stereocenters. The predicted molar refractivity (Wildman–Crippen MR) is 105 cm³/mol. The second-order valence-corrected chi connectivity index (χ2v) is 7.57. The van der Waals surface area contributed by atoms with Crippen molar-refractivity contribution in [2.75, 3.05) is 26.2 Å². The van der Waals surface area contributed by atoms with Gasteiger partial charge < -0.3 is 0 Å². The minimum Gasteiger partial charge on any atom is -0.296 e. The molecule has 3 aromatic rings. The Hall–Kier alpha value is -2.28. The quantitative estimate of drug-likeness (QED) is 0.696. The molecule has 0 aliphatic carbocycles. The van der Waals surface area contributed by atoms with Crippen LogP contribution in [0, 0.1) is 0 Å². The van der Waals surface area contributed by atoms with Gasteiger partial charge in [-0.2, -0.15) is 5.10 Å². The fourth-order valence-electron chi connectivity index (χ4n) is 3.21. The van der Waals surface area contributed by atoms with Gasteiger partial charge in [-0.25, -0.2) is 4.68 Å². The van der Waals surface area contributed by atoms with Crippen LogP contribution in [0.5, 0.6) is 0 Å². The minimum atomic E-state index is -0.0503. The molecule has 3 heterocycles. The highest BCUT2D eigenvalue weighted by Crippen LogP contribution is 2.15. The van der Waals surface area contributed by atoms with Crippen molar-refractivity contribution in [3.8, 4) is 11.3 Å². The van der Waals surface area contributed by atoms with Crippen molar-refractivity contribution < 1.29 is 0 Å². The van der Waals surface area contributed by atoms with Crippen LogP contribution in [-0.4, -0.2) is 45.8 Å². The van der Waals surface area contributed by atoms with Gasteiger partial charge in [0.05, 0.1) is 12.4 Å². The van der Waals surface area contributed by atoms with Crippen molar-refractivity contribution in [2.24, 2.45) is 0 Å². The third-order valence-corrected chi connectivity index (χ3v) is 5.56. The van der Waals surface area contributed by atoms with Crippen LogP contribution in [-0.2, 0) is 13.2 Å². The van der Waals surface area contributed by atoms with E-state index in [0.717, 1.165) is 44.0 Å². The molecule has 4 rings (SSSR count). The van der Waals surface area contributed by atoms with Gasteiger partial charge in [0.1, 0.15) is 0 Å². The summed E-state index contributed by atoms with van der Waals surface area (Å²) in [5.41, 5.74) is 1.81. The van der Waals surface area contributed by atoms with Crippen LogP contribution in [0.15, 0.2) is 64.8 Å². The van der Waals surface area contributed by atoms with E-state index in [1.807, 2.05) is 41.7 Å². The minimum absolute atomic E-state index is 0.0503. The highest BCUT2D eigenvalue weighted by Gasteiger charge is 2.18. The molecule has 0 unspecified atom stereocenters. The third kappa shape index (κ3) is 4.09. The third-order valence-electron chi connectivity index (χ3n) is 4.69. The van der Waals surface area contributed by atoms with Crippen molar-refractivity contribution in [3.63, 3.8) is 0 Å². The SMILES string of the molecule is O=c1ccc(-c2ccccc2)nn1CN1CCN(Cc2cccs2)CC1. The van der Waals surface area contributed by atoms with Gasteiger partial charge in [-0.1, -0.05) is 36.4 Å². The highest BCUT2D eigenvalue weighted by atomic mass is 32.1. The molecule has 0 bridgehead atoms. The monoisotopic (exact) mass is 366 g/mol. The first kappa shape index (κ1) is 17.1. The van der Waals surface area contributed by atoms with Gasteiger partial charge in [-0.05, 0) is 17.5 Å². The normalized spacial score (nSPS) is 16.0. The lowest BCUT2D eigenvalue weighted by atomic mass is 10.1. The Morgan fingerprint density at radius 1 is 0.885 bits per heavy atom. The fraction of sp³-hybridized carbons (Fsp3) is 0.300. The zero-order valence-corrected chi connectivity index (χ0v) is 15.4. The lowest BCUT2D eigenvalue weighted by Gasteiger charge is -2.34. The van der Waals surface area contributed by atoms with E-state index in [0.29, 0.717) is 6.67 Å². The number of rotatable bonds is 5. The molecule has 1 aromatic carbocycles. The molecule has 0 N–H and O–H groups in total. The Morgan fingerprint density at radius 3 is 2.38 bits per heavy atom. The van der Waals surface area contributed by atoms with Crippen LogP contribution < -0.4 is 5.56 Å². The zero-order chi connectivity index (χ0) is 17.8. The first-order valence-corrected chi connectivity index (χ1v) is 9.76. The topological polar surface area (TPSA) is 41.4 Å². The lowest BCUT2D eigenvalue weighted by molar-refractivity contribution is 0.0977. The Morgan fingerprint density at radius 2 is 1.65 bits per heavy atom. The Labute approximate surface area is 157 Å². The lowest BCUT2D eigenvalue weighted by Crippen LogP contribution is -2.47. The fourth-order valence-corrected chi connectivity index (χ4v) is 3.96. The van der Waals surface area contributed by atoms with E-state index >= 15 is 0 Å². The summed E-state index contributed by atoms with van der Waals surface area (Å²) < 4.78 is 1.58. The summed E-state index contributed by atoms with van der Waals surface area (Å²) in [4.78, 5) is 18.4. The maximum absolute atomic E-state index is 12.2. The number of aromatic nitrogens is 2. The van der Waals surface area contributed by atoms with Crippen LogP contribution in [0.4, 0.5) is 0 Å². The van der Waals surface area contributed by atoms with Crippen LogP contribution in [0.1, 0.15) is 4.88 Å². The average molecular weight is 366 g/mol. The van der Waals surface area contributed by atoms with Crippen molar-refractivity contribution >= 4 is 11.3 Å². The number of nitrogens with zero attached hydrogens (tertiary/aromatic N) is 4. The molecule has 0 radical (unpaired) electrons. The number of benzene rings is 1. The van der Waals surface area contributed by atoms with Crippen LogP contribution in [0.3, 0.4) is 0 Å². The van der Waals surface area contributed by atoms with E-state index in [1.165, 1.54) is 4.88 Å². The van der Waals surface area contributed by atoms with E-state index in [9.17, 15) is 4.79 Å². The molecular weight excluding hydrogens is 344 g/mol. The summed E-state index contributed by atoms with van der Waals surface area (Å²) in [6.45, 7) is 5.51. The van der Waals surface area contributed by atoms with Gasteiger partial charge in [0.2, 0.25) is 0 Å². The van der Waals surface area contributed by atoms with Gasteiger partial charge in [-0.3, -0.25) is 14.6 Å². The van der Waals surface area contributed by atoms with Crippen molar-refractivity contribution in [1.29, 1.82) is 0 Å². The maximum atomic E-state index is 12.2. The summed E-state index contributed by atoms with van der Waals surface area (Å²) in [6.07, 6.45) is 0. The van der Waals surface area contributed by atoms with Gasteiger partial charge in [0.15, 0.2) is 0 Å². The number of hydrogen-bond donors (Lipinski definition) is 0. The summed E-state index contributed by atoms with van der Waals surface area (Å²) in [6, 6.07) is 17.7.